The minimum atomic E-state index is -1.71. The van der Waals surface area contributed by atoms with Crippen molar-refractivity contribution in [1.29, 1.82) is 0 Å². The largest absolute Gasteiger partial charge is 0.454 e. The van der Waals surface area contributed by atoms with E-state index in [4.69, 9.17) is 0 Å². The molecule has 0 aromatic rings. The van der Waals surface area contributed by atoms with Crippen LogP contribution in [0.4, 0.5) is 0 Å². The first-order valence-electron chi connectivity index (χ1n) is 8.01. The number of ether oxygens (including phenoxy) is 1. The molecule has 0 aliphatic carbocycles. The molecule has 0 aromatic heterocycles. The van der Waals surface area contributed by atoms with Crippen LogP contribution in [0.2, 0.25) is 0 Å². The highest BCUT2D eigenvalue weighted by atomic mass is 16.6. The summed E-state index contributed by atoms with van der Waals surface area (Å²) in [5, 5.41) is 31.1. The van der Waals surface area contributed by atoms with Crippen LogP contribution >= 0.6 is 0 Å². The molecule has 7 nitrogen and oxygen atoms in total. The van der Waals surface area contributed by atoms with E-state index < -0.39 is 36.3 Å². The molecule has 128 valence electrons. The van der Waals surface area contributed by atoms with Crippen molar-refractivity contribution < 1.29 is 29.6 Å². The fourth-order valence-corrected chi connectivity index (χ4v) is 2.39. The molecule has 1 aliphatic rings. The summed E-state index contributed by atoms with van der Waals surface area (Å²) in [7, 11) is 0. The van der Waals surface area contributed by atoms with Gasteiger partial charge in [-0.1, -0.05) is 45.4 Å². The van der Waals surface area contributed by atoms with Crippen LogP contribution in [0, 0.1) is 0 Å². The lowest BCUT2D eigenvalue weighted by Gasteiger charge is -2.19. The van der Waals surface area contributed by atoms with E-state index in [1.54, 1.807) is 0 Å². The fraction of sp³-hybridized carbons (Fsp3) is 0.867. The molecule has 22 heavy (non-hydrogen) atoms. The molecule has 0 spiro atoms. The number of amides is 1. The van der Waals surface area contributed by atoms with Crippen molar-refractivity contribution in [3.63, 3.8) is 0 Å². The first-order chi connectivity index (χ1) is 10.5. The third-order valence-electron chi connectivity index (χ3n) is 3.81. The number of nitrogens with one attached hydrogen (secondary N) is 1. The van der Waals surface area contributed by atoms with Crippen molar-refractivity contribution in [2.24, 2.45) is 0 Å². The van der Waals surface area contributed by atoms with Crippen molar-refractivity contribution in [3.05, 3.63) is 0 Å². The summed E-state index contributed by atoms with van der Waals surface area (Å²) >= 11 is 0. The summed E-state index contributed by atoms with van der Waals surface area (Å²) in [5.41, 5.74) is 0. The van der Waals surface area contributed by atoms with Gasteiger partial charge >= 0.3 is 5.97 Å². The summed E-state index contributed by atoms with van der Waals surface area (Å²) < 4.78 is 4.60. The molecule has 0 saturated carbocycles. The van der Waals surface area contributed by atoms with E-state index in [9.17, 15) is 24.9 Å². The van der Waals surface area contributed by atoms with Crippen LogP contribution in [0.1, 0.15) is 51.9 Å². The van der Waals surface area contributed by atoms with E-state index in [-0.39, 0.29) is 0 Å². The highest BCUT2D eigenvalue weighted by Crippen LogP contribution is 2.19. The van der Waals surface area contributed by atoms with Crippen molar-refractivity contribution >= 4 is 11.9 Å². The Morgan fingerprint density at radius 3 is 2.32 bits per heavy atom. The average molecular weight is 317 g/mol. The lowest BCUT2D eigenvalue weighted by Crippen LogP contribution is -2.47. The Balaban J connectivity index is 2.16. The number of hydrogen-bond acceptors (Lipinski definition) is 6. The Morgan fingerprint density at radius 2 is 1.77 bits per heavy atom. The Hall–Kier alpha value is -1.18. The van der Waals surface area contributed by atoms with E-state index >= 15 is 0 Å². The van der Waals surface area contributed by atoms with E-state index in [0.29, 0.717) is 6.54 Å². The summed E-state index contributed by atoms with van der Waals surface area (Å²) in [6, 6.07) is 0. The Kier molecular flexibility index (Phi) is 8.37. The van der Waals surface area contributed by atoms with Gasteiger partial charge in [-0.2, -0.15) is 0 Å². The molecule has 1 heterocycles. The number of aliphatic hydroxyl groups excluding tert-OH is 3. The zero-order chi connectivity index (χ0) is 16.5. The molecule has 4 atom stereocenters. The van der Waals surface area contributed by atoms with Gasteiger partial charge in [-0.25, -0.2) is 4.79 Å². The number of carbonyl (C=O) groups is 2. The fourth-order valence-electron chi connectivity index (χ4n) is 2.39. The Labute approximate surface area is 130 Å². The predicted molar refractivity (Wildman–Crippen MR) is 78.9 cm³/mol. The highest BCUT2D eigenvalue weighted by molar-refractivity contribution is 5.84. The Morgan fingerprint density at radius 1 is 1.18 bits per heavy atom. The van der Waals surface area contributed by atoms with E-state index in [1.165, 1.54) is 25.7 Å². The van der Waals surface area contributed by atoms with Gasteiger partial charge in [0.25, 0.3) is 5.91 Å². The SMILES string of the molecule is CCCCCCCCCNC(=O)C(O)[C@H]1OC(=O)[C@@H](O)[C@H]1O. The number of carbonyl (C=O) groups excluding carboxylic acids is 2. The monoisotopic (exact) mass is 317 g/mol. The van der Waals surface area contributed by atoms with Gasteiger partial charge in [-0.15, -0.1) is 0 Å². The average Bonchev–Trinajstić information content (AvgIpc) is 2.76. The number of aliphatic hydroxyl groups is 3. The third-order valence-corrected chi connectivity index (χ3v) is 3.81. The molecule has 1 fully saturated rings. The zero-order valence-electron chi connectivity index (χ0n) is 13.0. The summed E-state index contributed by atoms with van der Waals surface area (Å²) in [6.07, 6.45) is 1.39. The van der Waals surface area contributed by atoms with Gasteiger partial charge < -0.3 is 25.4 Å². The number of hydrogen-bond donors (Lipinski definition) is 4. The van der Waals surface area contributed by atoms with Gasteiger partial charge in [0.2, 0.25) is 0 Å². The number of rotatable bonds is 10. The summed E-state index contributed by atoms with van der Waals surface area (Å²) in [6.45, 7) is 2.58. The third kappa shape index (κ3) is 5.55. The minimum absolute atomic E-state index is 0.420. The molecule has 0 radical (unpaired) electrons. The predicted octanol–water partition coefficient (Wildman–Crippen LogP) is -0.139. The second kappa shape index (κ2) is 9.76. The molecule has 1 aliphatic heterocycles. The van der Waals surface area contributed by atoms with Crippen LogP contribution in [-0.4, -0.2) is 58.2 Å². The normalized spacial score (nSPS) is 25.8. The number of cyclic esters (lactones) is 1. The second-order valence-corrected chi connectivity index (χ2v) is 5.69. The molecule has 4 N–H and O–H groups in total. The molecule has 0 bridgehead atoms. The molecule has 1 amide bonds. The maximum Gasteiger partial charge on any atom is 0.338 e. The van der Waals surface area contributed by atoms with Crippen LogP contribution in [0.5, 0.6) is 0 Å². The van der Waals surface area contributed by atoms with Crippen LogP contribution in [0.3, 0.4) is 0 Å². The first-order valence-corrected chi connectivity index (χ1v) is 8.01. The van der Waals surface area contributed by atoms with Gasteiger partial charge in [0, 0.05) is 6.54 Å². The zero-order valence-corrected chi connectivity index (χ0v) is 13.0. The number of esters is 1. The van der Waals surface area contributed by atoms with E-state index in [1.807, 2.05) is 0 Å². The molecule has 1 unspecified atom stereocenters. The topological polar surface area (TPSA) is 116 Å². The second-order valence-electron chi connectivity index (χ2n) is 5.69. The quantitative estimate of drug-likeness (QED) is 0.329. The van der Waals surface area contributed by atoms with Crippen molar-refractivity contribution in [2.45, 2.75) is 76.3 Å². The molecular weight excluding hydrogens is 290 g/mol. The van der Waals surface area contributed by atoms with Gasteiger partial charge in [0.15, 0.2) is 18.3 Å². The van der Waals surface area contributed by atoms with Gasteiger partial charge in [-0.3, -0.25) is 4.79 Å². The minimum Gasteiger partial charge on any atom is -0.454 e. The summed E-state index contributed by atoms with van der Waals surface area (Å²) in [5.74, 6) is -1.74. The van der Waals surface area contributed by atoms with Crippen LogP contribution in [-0.2, 0) is 14.3 Å². The molecular formula is C15H27NO6. The van der Waals surface area contributed by atoms with Crippen LogP contribution in [0.15, 0.2) is 0 Å². The van der Waals surface area contributed by atoms with Gasteiger partial charge in [0.1, 0.15) is 6.10 Å². The van der Waals surface area contributed by atoms with Crippen molar-refractivity contribution in [3.8, 4) is 0 Å². The maximum absolute atomic E-state index is 11.7. The summed E-state index contributed by atoms with van der Waals surface area (Å²) in [4.78, 5) is 22.8. The Bertz CT molecular complexity index is 362. The highest BCUT2D eigenvalue weighted by Gasteiger charge is 2.48. The van der Waals surface area contributed by atoms with E-state index in [0.717, 1.165) is 19.3 Å². The molecule has 7 heteroatoms. The van der Waals surface area contributed by atoms with Crippen molar-refractivity contribution in [1.82, 2.24) is 5.32 Å². The van der Waals surface area contributed by atoms with E-state index in [2.05, 4.69) is 17.0 Å². The molecule has 0 aromatic carbocycles. The standard InChI is InChI=1S/C15H27NO6/c1-2-3-4-5-6-7-8-9-16-14(20)12(19)13-10(17)11(18)15(21)22-13/h10-13,17-19H,2-9H2,1H3,(H,16,20)/t10-,11+,12?,13+/m1/s1. The van der Waals surface area contributed by atoms with Gasteiger partial charge in [0.05, 0.1) is 0 Å². The van der Waals surface area contributed by atoms with Crippen LogP contribution < -0.4 is 5.32 Å². The first kappa shape index (κ1) is 18.9. The maximum atomic E-state index is 11.7. The number of unbranched alkanes of at least 4 members (excludes halogenated alkanes) is 6. The van der Waals surface area contributed by atoms with Gasteiger partial charge in [-0.05, 0) is 6.42 Å². The lowest BCUT2D eigenvalue weighted by atomic mass is 10.1. The van der Waals surface area contributed by atoms with Crippen molar-refractivity contribution in [2.75, 3.05) is 6.54 Å². The molecule has 1 saturated heterocycles. The lowest BCUT2D eigenvalue weighted by molar-refractivity contribution is -0.153. The molecule has 1 rings (SSSR count). The smallest absolute Gasteiger partial charge is 0.338 e. The van der Waals surface area contributed by atoms with Crippen LogP contribution in [0.25, 0.3) is 0 Å².